The van der Waals surface area contributed by atoms with Crippen molar-refractivity contribution in [1.29, 1.82) is 0 Å². The maximum atomic E-state index is 13.3. The maximum absolute atomic E-state index is 13.3. The third-order valence-corrected chi connectivity index (χ3v) is 2.68. The van der Waals surface area contributed by atoms with E-state index in [1.54, 1.807) is 6.07 Å². The van der Waals surface area contributed by atoms with Crippen LogP contribution in [0.1, 0.15) is 0 Å². The summed E-state index contributed by atoms with van der Waals surface area (Å²) in [7, 11) is 0. The second kappa shape index (κ2) is 5.82. The Morgan fingerprint density at radius 3 is 2.53 bits per heavy atom. The summed E-state index contributed by atoms with van der Waals surface area (Å²) in [5.74, 6) is 0.451. The van der Waals surface area contributed by atoms with Gasteiger partial charge in [0.1, 0.15) is 11.6 Å². The number of ether oxygens (including phenoxy) is 1. The fraction of sp³-hybridized carbons (Fsp3) is 0.143. The molecule has 0 aliphatic heterocycles. The molecule has 0 aliphatic carbocycles. The van der Waals surface area contributed by atoms with Crippen molar-refractivity contribution in [2.45, 2.75) is 0 Å². The second-order valence-electron chi connectivity index (χ2n) is 3.54. The van der Waals surface area contributed by atoms with Crippen LogP contribution in [0.15, 0.2) is 48.5 Å². The molecule has 0 radical (unpaired) electrons. The van der Waals surface area contributed by atoms with Crippen LogP contribution in [0, 0.1) is 5.82 Å². The number of alkyl halides is 1. The van der Waals surface area contributed by atoms with E-state index in [9.17, 15) is 4.39 Å². The van der Waals surface area contributed by atoms with Gasteiger partial charge < -0.3 is 4.74 Å². The second-order valence-corrected chi connectivity index (χ2v) is 4.34. The average Bonchev–Trinajstić information content (AvgIpc) is 2.38. The highest BCUT2D eigenvalue weighted by atomic mass is 79.9. The van der Waals surface area contributed by atoms with Crippen LogP contribution in [0.4, 0.5) is 4.39 Å². The summed E-state index contributed by atoms with van der Waals surface area (Å²) in [5.41, 5.74) is 1.74. The first-order chi connectivity index (χ1) is 8.31. The SMILES string of the molecule is Fc1ccc(OCCBr)c(-c2ccccc2)c1. The molecule has 0 saturated carbocycles. The predicted octanol–water partition coefficient (Wildman–Crippen LogP) is 4.27. The smallest absolute Gasteiger partial charge is 0.127 e. The van der Waals surface area contributed by atoms with E-state index >= 15 is 0 Å². The highest BCUT2D eigenvalue weighted by molar-refractivity contribution is 9.09. The molecule has 0 saturated heterocycles. The van der Waals surface area contributed by atoms with Gasteiger partial charge in [-0.05, 0) is 23.8 Å². The van der Waals surface area contributed by atoms with Gasteiger partial charge >= 0.3 is 0 Å². The lowest BCUT2D eigenvalue weighted by atomic mass is 10.0. The molecule has 0 aromatic heterocycles. The van der Waals surface area contributed by atoms with Crippen LogP contribution in [0.3, 0.4) is 0 Å². The molecule has 2 rings (SSSR count). The van der Waals surface area contributed by atoms with E-state index in [-0.39, 0.29) is 5.82 Å². The molecule has 88 valence electrons. The van der Waals surface area contributed by atoms with Crippen LogP contribution in [0.2, 0.25) is 0 Å². The molecule has 2 aromatic carbocycles. The lowest BCUT2D eigenvalue weighted by Gasteiger charge is -2.10. The van der Waals surface area contributed by atoms with Gasteiger partial charge in [0.2, 0.25) is 0 Å². The molecule has 3 heteroatoms. The zero-order chi connectivity index (χ0) is 12.1. The third kappa shape index (κ3) is 3.07. The molecule has 0 spiro atoms. The van der Waals surface area contributed by atoms with Crippen LogP contribution in [-0.2, 0) is 0 Å². The van der Waals surface area contributed by atoms with Crippen LogP contribution >= 0.6 is 15.9 Å². The fourth-order valence-electron chi connectivity index (χ4n) is 1.62. The van der Waals surface area contributed by atoms with Gasteiger partial charge in [-0.25, -0.2) is 4.39 Å². The highest BCUT2D eigenvalue weighted by Crippen LogP contribution is 2.30. The fourth-order valence-corrected chi connectivity index (χ4v) is 1.78. The van der Waals surface area contributed by atoms with Crippen LogP contribution in [-0.4, -0.2) is 11.9 Å². The standard InChI is InChI=1S/C14H12BrFO/c15-8-9-17-14-7-6-12(16)10-13(14)11-4-2-1-3-5-11/h1-7,10H,8-9H2. The zero-order valence-corrected chi connectivity index (χ0v) is 10.8. The molecule has 0 aliphatic rings. The van der Waals surface area contributed by atoms with Crippen molar-refractivity contribution in [3.8, 4) is 16.9 Å². The minimum absolute atomic E-state index is 0.255. The van der Waals surface area contributed by atoms with Crippen LogP contribution in [0.5, 0.6) is 5.75 Å². The topological polar surface area (TPSA) is 9.23 Å². The quantitative estimate of drug-likeness (QED) is 0.766. The van der Waals surface area contributed by atoms with Crippen molar-refractivity contribution in [2.24, 2.45) is 0 Å². The third-order valence-electron chi connectivity index (χ3n) is 2.36. The Morgan fingerprint density at radius 1 is 1.06 bits per heavy atom. The highest BCUT2D eigenvalue weighted by Gasteiger charge is 2.07. The van der Waals surface area contributed by atoms with E-state index < -0.39 is 0 Å². The summed E-state index contributed by atoms with van der Waals surface area (Å²) in [6, 6.07) is 14.2. The van der Waals surface area contributed by atoms with Gasteiger partial charge in [0.15, 0.2) is 0 Å². The Morgan fingerprint density at radius 2 is 1.82 bits per heavy atom. The van der Waals surface area contributed by atoms with E-state index in [0.717, 1.165) is 16.5 Å². The molecule has 0 atom stereocenters. The van der Waals surface area contributed by atoms with Gasteiger partial charge in [0, 0.05) is 10.9 Å². The normalized spacial score (nSPS) is 10.2. The zero-order valence-electron chi connectivity index (χ0n) is 9.20. The lowest BCUT2D eigenvalue weighted by molar-refractivity contribution is 0.346. The van der Waals surface area contributed by atoms with Crippen molar-refractivity contribution >= 4 is 15.9 Å². The minimum Gasteiger partial charge on any atom is -0.492 e. The van der Waals surface area contributed by atoms with Crippen molar-refractivity contribution in [3.05, 3.63) is 54.3 Å². The summed E-state index contributed by atoms with van der Waals surface area (Å²) >= 11 is 3.30. The number of benzene rings is 2. The van der Waals surface area contributed by atoms with Gasteiger partial charge in [0.05, 0.1) is 6.61 Å². The largest absolute Gasteiger partial charge is 0.492 e. The molecule has 0 N–H and O–H groups in total. The minimum atomic E-state index is -0.255. The Labute approximate surface area is 108 Å². The van der Waals surface area contributed by atoms with E-state index in [0.29, 0.717) is 12.4 Å². The summed E-state index contributed by atoms with van der Waals surface area (Å²) < 4.78 is 18.9. The van der Waals surface area contributed by atoms with E-state index in [2.05, 4.69) is 15.9 Å². The molecule has 1 nitrogen and oxygen atoms in total. The summed E-state index contributed by atoms with van der Waals surface area (Å²) in [6.45, 7) is 0.561. The van der Waals surface area contributed by atoms with E-state index in [1.807, 2.05) is 30.3 Å². The molecule has 0 amide bonds. The summed E-state index contributed by atoms with van der Waals surface area (Å²) in [4.78, 5) is 0. The van der Waals surface area contributed by atoms with Crippen LogP contribution in [0.25, 0.3) is 11.1 Å². The molecule has 0 heterocycles. The van der Waals surface area contributed by atoms with Crippen molar-refractivity contribution in [2.75, 3.05) is 11.9 Å². The summed E-state index contributed by atoms with van der Waals surface area (Å²) in [6.07, 6.45) is 0. The van der Waals surface area contributed by atoms with Gasteiger partial charge in [-0.15, -0.1) is 0 Å². The van der Waals surface area contributed by atoms with E-state index in [4.69, 9.17) is 4.74 Å². The molecular formula is C14H12BrFO. The molecular weight excluding hydrogens is 283 g/mol. The Bertz CT molecular complexity index is 485. The molecule has 0 fully saturated rings. The Hall–Kier alpha value is -1.35. The van der Waals surface area contributed by atoms with Gasteiger partial charge in [-0.3, -0.25) is 0 Å². The number of rotatable bonds is 4. The Balaban J connectivity index is 2.40. The predicted molar refractivity (Wildman–Crippen MR) is 71.1 cm³/mol. The molecule has 0 bridgehead atoms. The number of hydrogen-bond acceptors (Lipinski definition) is 1. The molecule has 17 heavy (non-hydrogen) atoms. The summed E-state index contributed by atoms with van der Waals surface area (Å²) in [5, 5.41) is 0.749. The molecule has 2 aromatic rings. The first-order valence-corrected chi connectivity index (χ1v) is 6.47. The van der Waals surface area contributed by atoms with Crippen molar-refractivity contribution in [3.63, 3.8) is 0 Å². The van der Waals surface area contributed by atoms with Crippen molar-refractivity contribution in [1.82, 2.24) is 0 Å². The van der Waals surface area contributed by atoms with Crippen molar-refractivity contribution < 1.29 is 9.13 Å². The first-order valence-electron chi connectivity index (χ1n) is 5.35. The Kier molecular flexibility index (Phi) is 4.15. The van der Waals surface area contributed by atoms with Gasteiger partial charge in [-0.2, -0.15) is 0 Å². The maximum Gasteiger partial charge on any atom is 0.127 e. The van der Waals surface area contributed by atoms with E-state index in [1.165, 1.54) is 12.1 Å². The number of hydrogen-bond donors (Lipinski definition) is 0. The lowest BCUT2D eigenvalue weighted by Crippen LogP contribution is -1.99. The number of halogens is 2. The van der Waals surface area contributed by atoms with Gasteiger partial charge in [-0.1, -0.05) is 46.3 Å². The van der Waals surface area contributed by atoms with Gasteiger partial charge in [0.25, 0.3) is 0 Å². The molecule has 0 unspecified atom stereocenters. The monoisotopic (exact) mass is 294 g/mol. The first kappa shape index (κ1) is 12.1. The van der Waals surface area contributed by atoms with Crippen LogP contribution < -0.4 is 4.74 Å². The average molecular weight is 295 g/mol.